The van der Waals surface area contributed by atoms with Gasteiger partial charge in [0.15, 0.2) is 0 Å². The van der Waals surface area contributed by atoms with Crippen LogP contribution in [0.4, 0.5) is 5.69 Å². The number of anilines is 1. The summed E-state index contributed by atoms with van der Waals surface area (Å²) in [6.07, 6.45) is 0.808. The van der Waals surface area contributed by atoms with Crippen LogP contribution < -0.4 is 10.4 Å². The van der Waals surface area contributed by atoms with E-state index in [1.807, 2.05) is 24.3 Å². The summed E-state index contributed by atoms with van der Waals surface area (Å²) in [5.74, 6) is -1.85. The Morgan fingerprint density at radius 3 is 1.92 bits per heavy atom. The Kier molecular flexibility index (Phi) is 5.13. The van der Waals surface area contributed by atoms with Crippen LogP contribution in [0, 0.1) is 6.92 Å². The van der Waals surface area contributed by atoms with Crippen LogP contribution in [0.3, 0.4) is 0 Å². The minimum absolute atomic E-state index is 0.0798. The molecule has 3 aromatic carbocycles. The van der Waals surface area contributed by atoms with Gasteiger partial charge in [-0.3, -0.25) is 4.79 Å². The topological polar surface area (TPSA) is 69.2 Å². The Labute approximate surface area is 152 Å². The lowest BCUT2D eigenvalue weighted by atomic mass is 10.0. The lowest BCUT2D eigenvalue weighted by Crippen LogP contribution is -2.26. The predicted octanol–water partition coefficient (Wildman–Crippen LogP) is 3.20. The summed E-state index contributed by atoms with van der Waals surface area (Å²) in [6.45, 7) is 2.06. The molecular formula is C22H18NO3-. The Morgan fingerprint density at radius 2 is 1.35 bits per heavy atom. The SMILES string of the molecule is Cc1ccc(Cc2ccc(NC(=O)c3ccccc3C(=O)[O-])cc2)cc1. The Balaban J connectivity index is 1.70. The lowest BCUT2D eigenvalue weighted by molar-refractivity contribution is -0.255. The molecule has 0 saturated heterocycles. The lowest BCUT2D eigenvalue weighted by Gasteiger charge is -2.11. The van der Waals surface area contributed by atoms with Crippen molar-refractivity contribution in [3.05, 3.63) is 101 Å². The number of benzene rings is 3. The molecule has 0 aliphatic rings. The van der Waals surface area contributed by atoms with Crippen LogP contribution >= 0.6 is 0 Å². The number of aromatic carboxylic acids is 1. The third kappa shape index (κ3) is 4.16. The van der Waals surface area contributed by atoms with E-state index in [-0.39, 0.29) is 11.1 Å². The molecule has 0 unspecified atom stereocenters. The average Bonchev–Trinajstić information content (AvgIpc) is 2.65. The summed E-state index contributed by atoms with van der Waals surface area (Å²) < 4.78 is 0. The van der Waals surface area contributed by atoms with E-state index in [1.54, 1.807) is 12.1 Å². The van der Waals surface area contributed by atoms with E-state index in [0.29, 0.717) is 5.69 Å². The molecule has 3 rings (SSSR count). The molecule has 0 atom stereocenters. The smallest absolute Gasteiger partial charge is 0.256 e. The van der Waals surface area contributed by atoms with Crippen LogP contribution in [0.1, 0.15) is 37.4 Å². The van der Waals surface area contributed by atoms with E-state index in [0.717, 1.165) is 12.0 Å². The number of hydrogen-bond acceptors (Lipinski definition) is 3. The highest BCUT2D eigenvalue weighted by Gasteiger charge is 2.11. The van der Waals surface area contributed by atoms with E-state index in [9.17, 15) is 14.7 Å². The quantitative estimate of drug-likeness (QED) is 0.773. The molecule has 0 fully saturated rings. The van der Waals surface area contributed by atoms with Gasteiger partial charge in [-0.25, -0.2) is 0 Å². The van der Waals surface area contributed by atoms with Gasteiger partial charge >= 0.3 is 0 Å². The van der Waals surface area contributed by atoms with Gasteiger partial charge in [0.05, 0.1) is 5.97 Å². The number of amides is 1. The van der Waals surface area contributed by atoms with Gasteiger partial charge in [0.25, 0.3) is 5.91 Å². The van der Waals surface area contributed by atoms with Gasteiger partial charge in [0.2, 0.25) is 0 Å². The molecule has 0 spiro atoms. The van der Waals surface area contributed by atoms with Crippen molar-refractivity contribution in [2.75, 3.05) is 5.32 Å². The number of carboxylic acid groups (broad SMARTS) is 1. The average molecular weight is 344 g/mol. The van der Waals surface area contributed by atoms with E-state index < -0.39 is 11.9 Å². The number of nitrogens with one attached hydrogen (secondary N) is 1. The second kappa shape index (κ2) is 7.66. The van der Waals surface area contributed by atoms with Crippen molar-refractivity contribution in [1.82, 2.24) is 0 Å². The fourth-order valence-corrected chi connectivity index (χ4v) is 2.71. The van der Waals surface area contributed by atoms with Gasteiger partial charge < -0.3 is 15.2 Å². The molecule has 0 aliphatic carbocycles. The van der Waals surface area contributed by atoms with Crippen LogP contribution in [-0.4, -0.2) is 11.9 Å². The molecule has 26 heavy (non-hydrogen) atoms. The standard InChI is InChI=1S/C22H19NO3/c1-15-6-8-16(9-7-15)14-17-10-12-18(13-11-17)23-21(24)19-4-2-3-5-20(19)22(25)26/h2-13H,14H2,1H3,(H,23,24)(H,25,26)/p-1. The van der Waals surface area contributed by atoms with Crippen LogP contribution in [-0.2, 0) is 6.42 Å². The van der Waals surface area contributed by atoms with Crippen molar-refractivity contribution in [3.8, 4) is 0 Å². The minimum Gasteiger partial charge on any atom is -0.545 e. The van der Waals surface area contributed by atoms with Crippen molar-refractivity contribution in [3.63, 3.8) is 0 Å². The van der Waals surface area contributed by atoms with Crippen molar-refractivity contribution >= 4 is 17.6 Å². The number of carboxylic acids is 1. The van der Waals surface area contributed by atoms with Crippen molar-refractivity contribution in [2.24, 2.45) is 0 Å². The van der Waals surface area contributed by atoms with Gasteiger partial charge in [-0.1, -0.05) is 60.2 Å². The van der Waals surface area contributed by atoms with Gasteiger partial charge in [-0.15, -0.1) is 0 Å². The predicted molar refractivity (Wildman–Crippen MR) is 99.2 cm³/mol. The fourth-order valence-electron chi connectivity index (χ4n) is 2.71. The number of aryl methyl sites for hydroxylation is 1. The first kappa shape index (κ1) is 17.4. The Hall–Kier alpha value is -3.40. The van der Waals surface area contributed by atoms with Gasteiger partial charge in [-0.05, 0) is 42.7 Å². The molecular weight excluding hydrogens is 326 g/mol. The molecule has 1 N–H and O–H groups in total. The molecule has 0 radical (unpaired) electrons. The maximum Gasteiger partial charge on any atom is 0.256 e. The largest absolute Gasteiger partial charge is 0.545 e. The summed E-state index contributed by atoms with van der Waals surface area (Å²) in [5.41, 5.74) is 4.13. The monoisotopic (exact) mass is 344 g/mol. The first-order valence-corrected chi connectivity index (χ1v) is 8.29. The van der Waals surface area contributed by atoms with Gasteiger partial charge in [0, 0.05) is 16.8 Å². The summed E-state index contributed by atoms with van der Waals surface area (Å²) in [5, 5.41) is 13.8. The molecule has 0 bridgehead atoms. The van der Waals surface area contributed by atoms with E-state index in [1.165, 1.54) is 23.3 Å². The minimum atomic E-state index is -1.37. The van der Waals surface area contributed by atoms with Gasteiger partial charge in [0.1, 0.15) is 0 Å². The van der Waals surface area contributed by atoms with Crippen LogP contribution in [0.25, 0.3) is 0 Å². The van der Waals surface area contributed by atoms with Crippen LogP contribution in [0.15, 0.2) is 72.8 Å². The normalized spacial score (nSPS) is 10.3. The third-order valence-electron chi connectivity index (χ3n) is 4.13. The molecule has 4 nitrogen and oxygen atoms in total. The number of rotatable bonds is 5. The molecule has 4 heteroatoms. The summed E-state index contributed by atoms with van der Waals surface area (Å²) >= 11 is 0. The van der Waals surface area contributed by atoms with Crippen LogP contribution in [0.5, 0.6) is 0 Å². The number of carbonyl (C=O) groups is 2. The molecule has 0 aliphatic heterocycles. The highest BCUT2D eigenvalue weighted by atomic mass is 16.4. The van der Waals surface area contributed by atoms with Crippen molar-refractivity contribution < 1.29 is 14.7 Å². The molecule has 0 saturated carbocycles. The second-order valence-corrected chi connectivity index (χ2v) is 6.15. The maximum atomic E-state index is 12.3. The zero-order chi connectivity index (χ0) is 18.5. The number of hydrogen-bond donors (Lipinski definition) is 1. The van der Waals surface area contributed by atoms with Crippen LogP contribution in [0.2, 0.25) is 0 Å². The molecule has 130 valence electrons. The first-order valence-electron chi connectivity index (χ1n) is 8.29. The Morgan fingerprint density at radius 1 is 0.808 bits per heavy atom. The molecule has 1 amide bonds. The third-order valence-corrected chi connectivity index (χ3v) is 4.13. The van der Waals surface area contributed by atoms with Crippen molar-refractivity contribution in [1.29, 1.82) is 0 Å². The highest BCUT2D eigenvalue weighted by molar-refractivity contribution is 6.10. The van der Waals surface area contributed by atoms with Gasteiger partial charge in [-0.2, -0.15) is 0 Å². The summed E-state index contributed by atoms with van der Waals surface area (Å²) in [4.78, 5) is 23.5. The maximum absolute atomic E-state index is 12.3. The van der Waals surface area contributed by atoms with E-state index >= 15 is 0 Å². The fraction of sp³-hybridized carbons (Fsp3) is 0.0909. The zero-order valence-electron chi connectivity index (χ0n) is 14.4. The van der Waals surface area contributed by atoms with E-state index in [4.69, 9.17) is 0 Å². The van der Waals surface area contributed by atoms with E-state index in [2.05, 4.69) is 36.5 Å². The zero-order valence-corrected chi connectivity index (χ0v) is 14.4. The molecule has 0 heterocycles. The molecule has 0 aromatic heterocycles. The Bertz CT molecular complexity index is 928. The summed E-state index contributed by atoms with van der Waals surface area (Å²) in [7, 11) is 0. The van der Waals surface area contributed by atoms with Crippen molar-refractivity contribution in [2.45, 2.75) is 13.3 Å². The molecule has 3 aromatic rings. The highest BCUT2D eigenvalue weighted by Crippen LogP contribution is 2.16. The first-order chi connectivity index (χ1) is 12.5. The second-order valence-electron chi connectivity index (χ2n) is 6.15. The number of carbonyl (C=O) groups excluding carboxylic acids is 2. The summed E-state index contributed by atoms with van der Waals surface area (Å²) in [6, 6.07) is 21.9.